The zero-order valence-electron chi connectivity index (χ0n) is 18.9. The summed E-state index contributed by atoms with van der Waals surface area (Å²) in [7, 11) is 6.51. The van der Waals surface area contributed by atoms with E-state index in [0.29, 0.717) is 11.1 Å². The molecule has 0 unspecified atom stereocenters. The average Bonchev–Trinajstić information content (AvgIpc) is 2.91. The van der Waals surface area contributed by atoms with Gasteiger partial charge in [0, 0.05) is 35.3 Å². The fourth-order valence-electron chi connectivity index (χ4n) is 3.42. The lowest BCUT2D eigenvalue weighted by Crippen LogP contribution is -2.26. The summed E-state index contributed by atoms with van der Waals surface area (Å²) in [4.78, 5) is 31.5. The van der Waals surface area contributed by atoms with Crippen molar-refractivity contribution in [1.82, 2.24) is 0 Å². The molecule has 4 aromatic carbocycles. The molecular formula is C28H24N2O2S2. The van der Waals surface area contributed by atoms with Crippen LogP contribution < -0.4 is 9.80 Å². The molecule has 6 heteroatoms. The van der Waals surface area contributed by atoms with Crippen LogP contribution in [-0.2, 0) is 0 Å². The second-order valence-corrected chi connectivity index (χ2v) is 9.77. The minimum atomic E-state index is -0.0805. The van der Waals surface area contributed by atoms with Gasteiger partial charge in [-0.05, 0) is 48.5 Å². The lowest BCUT2D eigenvalue weighted by Gasteiger charge is -2.20. The van der Waals surface area contributed by atoms with Crippen LogP contribution in [0.4, 0.5) is 11.4 Å². The third kappa shape index (κ3) is 5.35. The van der Waals surface area contributed by atoms with Gasteiger partial charge in [0.15, 0.2) is 0 Å². The molecule has 0 bridgehead atoms. The Morgan fingerprint density at radius 2 is 0.824 bits per heavy atom. The Kier molecular flexibility index (Phi) is 7.72. The number of benzene rings is 4. The molecule has 0 aromatic heterocycles. The fourth-order valence-corrected chi connectivity index (χ4v) is 5.77. The van der Waals surface area contributed by atoms with Gasteiger partial charge in [0.1, 0.15) is 0 Å². The third-order valence-corrected chi connectivity index (χ3v) is 7.83. The van der Waals surface area contributed by atoms with E-state index in [1.807, 2.05) is 109 Å². The Bertz CT molecular complexity index is 1180. The lowest BCUT2D eigenvalue weighted by atomic mass is 10.2. The van der Waals surface area contributed by atoms with Crippen LogP contribution in [0, 0.1) is 0 Å². The van der Waals surface area contributed by atoms with Crippen molar-refractivity contribution in [3.8, 4) is 0 Å². The number of hydrogen-bond donors (Lipinski definition) is 0. The zero-order valence-corrected chi connectivity index (χ0v) is 20.6. The van der Waals surface area contributed by atoms with Crippen LogP contribution in [0.2, 0.25) is 0 Å². The van der Waals surface area contributed by atoms with Crippen LogP contribution in [-0.4, -0.2) is 25.9 Å². The molecule has 0 radical (unpaired) electrons. The normalized spacial score (nSPS) is 10.5. The highest BCUT2D eigenvalue weighted by Crippen LogP contribution is 2.41. The molecule has 170 valence electrons. The van der Waals surface area contributed by atoms with Crippen LogP contribution in [0.3, 0.4) is 0 Å². The van der Waals surface area contributed by atoms with Crippen LogP contribution in [0.5, 0.6) is 0 Å². The van der Waals surface area contributed by atoms with Crippen LogP contribution in [0.1, 0.15) is 20.7 Å². The van der Waals surface area contributed by atoms with Gasteiger partial charge in [0.2, 0.25) is 0 Å². The summed E-state index contributed by atoms with van der Waals surface area (Å²) in [5.74, 6) is -0.161. The van der Waals surface area contributed by atoms with E-state index in [1.54, 1.807) is 23.9 Å². The number of nitrogens with zero attached hydrogens (tertiary/aromatic N) is 2. The van der Waals surface area contributed by atoms with Gasteiger partial charge in [0.05, 0.1) is 11.1 Å². The first-order chi connectivity index (χ1) is 16.6. The second-order valence-electron chi connectivity index (χ2n) is 7.56. The highest BCUT2D eigenvalue weighted by molar-refractivity contribution is 8.76. The maximum atomic E-state index is 13.2. The first-order valence-electron chi connectivity index (χ1n) is 10.7. The Labute approximate surface area is 208 Å². The average molecular weight is 485 g/mol. The van der Waals surface area contributed by atoms with E-state index in [2.05, 4.69) is 0 Å². The summed E-state index contributed by atoms with van der Waals surface area (Å²) in [5, 5.41) is 0. The van der Waals surface area contributed by atoms with Crippen molar-refractivity contribution < 1.29 is 9.59 Å². The number of para-hydroxylation sites is 2. The summed E-state index contributed by atoms with van der Waals surface area (Å²) >= 11 is 0. The Balaban J connectivity index is 1.54. The molecule has 4 rings (SSSR count). The summed E-state index contributed by atoms with van der Waals surface area (Å²) in [6.45, 7) is 0. The molecule has 4 aromatic rings. The van der Waals surface area contributed by atoms with Crippen molar-refractivity contribution in [3.63, 3.8) is 0 Å². The highest BCUT2D eigenvalue weighted by Gasteiger charge is 2.20. The molecule has 0 aliphatic carbocycles. The zero-order chi connectivity index (χ0) is 23.9. The number of anilines is 2. The molecule has 0 fully saturated rings. The largest absolute Gasteiger partial charge is 0.311 e. The lowest BCUT2D eigenvalue weighted by molar-refractivity contribution is 0.0982. The molecule has 0 saturated carbocycles. The molecule has 4 nitrogen and oxygen atoms in total. The van der Waals surface area contributed by atoms with Gasteiger partial charge in [-0.2, -0.15) is 0 Å². The molecule has 0 heterocycles. The van der Waals surface area contributed by atoms with Crippen molar-refractivity contribution in [1.29, 1.82) is 0 Å². The van der Waals surface area contributed by atoms with Crippen molar-refractivity contribution >= 4 is 44.8 Å². The Morgan fingerprint density at radius 1 is 0.500 bits per heavy atom. The topological polar surface area (TPSA) is 40.6 Å². The molecule has 0 saturated heterocycles. The van der Waals surface area contributed by atoms with Gasteiger partial charge >= 0.3 is 0 Å². The number of carbonyl (C=O) groups excluding carboxylic acids is 2. The summed E-state index contributed by atoms with van der Waals surface area (Å²) in [6, 6.07) is 34.3. The Morgan fingerprint density at radius 3 is 1.21 bits per heavy atom. The van der Waals surface area contributed by atoms with Crippen molar-refractivity contribution in [2.75, 3.05) is 23.9 Å². The van der Waals surface area contributed by atoms with Crippen molar-refractivity contribution in [3.05, 3.63) is 120 Å². The first kappa shape index (κ1) is 23.7. The SMILES string of the molecule is CN(C(=O)c1ccccc1SSc1ccccc1C(=O)N(C)c1ccccc1)c1ccccc1. The van der Waals surface area contributed by atoms with Gasteiger partial charge in [-0.1, -0.05) is 82.3 Å². The smallest absolute Gasteiger partial charge is 0.259 e. The summed E-state index contributed by atoms with van der Waals surface area (Å²) < 4.78 is 0. The quantitative estimate of drug-likeness (QED) is 0.264. The number of rotatable bonds is 7. The van der Waals surface area contributed by atoms with E-state index in [-0.39, 0.29) is 11.8 Å². The predicted molar refractivity (Wildman–Crippen MR) is 143 cm³/mol. The highest BCUT2D eigenvalue weighted by atomic mass is 33.1. The summed E-state index contributed by atoms with van der Waals surface area (Å²) in [6.07, 6.45) is 0. The summed E-state index contributed by atoms with van der Waals surface area (Å²) in [5.41, 5.74) is 2.91. The van der Waals surface area contributed by atoms with E-state index in [1.165, 1.54) is 21.6 Å². The van der Waals surface area contributed by atoms with E-state index in [0.717, 1.165) is 21.2 Å². The van der Waals surface area contributed by atoms with Crippen LogP contribution >= 0.6 is 21.6 Å². The van der Waals surface area contributed by atoms with Crippen molar-refractivity contribution in [2.45, 2.75) is 9.79 Å². The minimum Gasteiger partial charge on any atom is -0.311 e. The van der Waals surface area contributed by atoms with E-state index < -0.39 is 0 Å². The van der Waals surface area contributed by atoms with Crippen LogP contribution in [0.15, 0.2) is 119 Å². The van der Waals surface area contributed by atoms with Gasteiger partial charge in [-0.25, -0.2) is 0 Å². The van der Waals surface area contributed by atoms with E-state index >= 15 is 0 Å². The molecule has 0 atom stereocenters. The maximum Gasteiger partial charge on any atom is 0.259 e. The second kappa shape index (κ2) is 11.1. The Hall–Kier alpha value is -3.48. The van der Waals surface area contributed by atoms with Gasteiger partial charge in [-0.3, -0.25) is 9.59 Å². The molecule has 0 aliphatic heterocycles. The molecule has 34 heavy (non-hydrogen) atoms. The van der Waals surface area contributed by atoms with E-state index in [9.17, 15) is 9.59 Å². The number of carbonyl (C=O) groups is 2. The van der Waals surface area contributed by atoms with E-state index in [4.69, 9.17) is 0 Å². The standard InChI is InChI=1S/C28H24N2O2S2/c1-29(21-13-5-3-6-14-21)27(31)23-17-9-11-19-25(23)33-34-26-20-12-10-18-24(26)28(32)30(2)22-15-7-4-8-16-22/h3-20H,1-2H3. The monoisotopic (exact) mass is 484 g/mol. The van der Waals surface area contributed by atoms with Crippen molar-refractivity contribution in [2.24, 2.45) is 0 Å². The molecular weight excluding hydrogens is 460 g/mol. The van der Waals surface area contributed by atoms with Gasteiger partial charge < -0.3 is 9.80 Å². The maximum absolute atomic E-state index is 13.2. The molecule has 0 spiro atoms. The van der Waals surface area contributed by atoms with Gasteiger partial charge in [0.25, 0.3) is 11.8 Å². The molecule has 0 N–H and O–H groups in total. The predicted octanol–water partition coefficient (Wildman–Crippen LogP) is 7.04. The van der Waals surface area contributed by atoms with Gasteiger partial charge in [-0.15, -0.1) is 0 Å². The third-order valence-electron chi connectivity index (χ3n) is 5.35. The number of amides is 2. The first-order valence-corrected chi connectivity index (χ1v) is 12.9. The fraction of sp³-hybridized carbons (Fsp3) is 0.0714. The molecule has 0 aliphatic rings. The number of hydrogen-bond acceptors (Lipinski definition) is 4. The molecule has 2 amide bonds. The minimum absolute atomic E-state index is 0.0805. The van der Waals surface area contributed by atoms with Crippen LogP contribution in [0.25, 0.3) is 0 Å².